The van der Waals surface area contributed by atoms with Crippen molar-refractivity contribution in [3.05, 3.63) is 34.9 Å². The molecular formula is C13H15NO2. The molecule has 3 nitrogen and oxygen atoms in total. The fourth-order valence-electron chi connectivity index (χ4n) is 2.11. The molecule has 0 bridgehead atoms. The first kappa shape index (κ1) is 10.7. The first-order chi connectivity index (χ1) is 7.67. The Bertz CT molecular complexity index is 475. The zero-order valence-electron chi connectivity index (χ0n) is 9.54. The van der Waals surface area contributed by atoms with Gasteiger partial charge in [-0.25, -0.2) is 4.79 Å². The van der Waals surface area contributed by atoms with Crippen LogP contribution < -0.4 is 5.73 Å². The average Bonchev–Trinajstić information content (AvgIpc) is 2.71. The van der Waals surface area contributed by atoms with Crippen LogP contribution in [0.15, 0.2) is 18.2 Å². The topological polar surface area (TPSA) is 52.3 Å². The molecule has 0 spiro atoms. The fraction of sp³-hybridized carbons (Fsp3) is 0.308. The molecular weight excluding hydrogens is 202 g/mol. The van der Waals surface area contributed by atoms with E-state index >= 15 is 0 Å². The number of benzene rings is 1. The summed E-state index contributed by atoms with van der Waals surface area (Å²) in [5.41, 5.74) is 10.6. The third-order valence-electron chi connectivity index (χ3n) is 2.98. The van der Waals surface area contributed by atoms with Crippen LogP contribution in [0.4, 0.5) is 5.69 Å². The average molecular weight is 217 g/mol. The summed E-state index contributed by atoms with van der Waals surface area (Å²) in [5.74, 6) is -0.336. The summed E-state index contributed by atoms with van der Waals surface area (Å²) in [6.07, 6.45) is 3.99. The van der Waals surface area contributed by atoms with Crippen LogP contribution in [0.25, 0.3) is 5.57 Å². The number of hydrogen-bond donors (Lipinski definition) is 1. The number of ether oxygens (including phenoxy) is 1. The van der Waals surface area contributed by atoms with Crippen LogP contribution in [-0.2, 0) is 11.2 Å². The van der Waals surface area contributed by atoms with Crippen molar-refractivity contribution in [2.75, 3.05) is 12.8 Å². The van der Waals surface area contributed by atoms with Gasteiger partial charge in [-0.1, -0.05) is 13.0 Å². The zero-order chi connectivity index (χ0) is 11.7. The van der Waals surface area contributed by atoms with E-state index < -0.39 is 0 Å². The number of methoxy groups -OCH3 is 1. The lowest BCUT2D eigenvalue weighted by molar-refractivity contribution is 0.0601. The summed E-state index contributed by atoms with van der Waals surface area (Å²) >= 11 is 0. The molecule has 2 N–H and O–H groups in total. The second-order valence-corrected chi connectivity index (χ2v) is 3.87. The van der Waals surface area contributed by atoms with Gasteiger partial charge >= 0.3 is 5.97 Å². The maximum Gasteiger partial charge on any atom is 0.337 e. The molecule has 0 saturated carbocycles. The predicted molar refractivity (Wildman–Crippen MR) is 64.2 cm³/mol. The Morgan fingerprint density at radius 1 is 1.50 bits per heavy atom. The molecule has 0 aromatic heterocycles. The van der Waals surface area contributed by atoms with Crippen molar-refractivity contribution in [2.24, 2.45) is 0 Å². The lowest BCUT2D eigenvalue weighted by Gasteiger charge is -2.09. The van der Waals surface area contributed by atoms with Crippen molar-refractivity contribution in [1.29, 1.82) is 0 Å². The lowest BCUT2D eigenvalue weighted by Crippen LogP contribution is -2.05. The molecule has 0 radical (unpaired) electrons. The van der Waals surface area contributed by atoms with E-state index in [1.807, 2.05) is 6.07 Å². The Hall–Kier alpha value is -1.77. The Kier molecular flexibility index (Phi) is 2.69. The van der Waals surface area contributed by atoms with E-state index in [0.717, 1.165) is 24.0 Å². The Morgan fingerprint density at radius 3 is 2.88 bits per heavy atom. The van der Waals surface area contributed by atoms with Crippen molar-refractivity contribution in [1.82, 2.24) is 0 Å². The van der Waals surface area contributed by atoms with Gasteiger partial charge in [0, 0.05) is 5.69 Å². The minimum Gasteiger partial charge on any atom is -0.465 e. The number of fused-ring (bicyclic) bond motifs is 1. The molecule has 0 fully saturated rings. The first-order valence-corrected chi connectivity index (χ1v) is 5.37. The Labute approximate surface area is 94.9 Å². The fourth-order valence-corrected chi connectivity index (χ4v) is 2.11. The number of esters is 1. The SMILES string of the molecule is CCC1=CCc2c(N)cc(C(=O)OC)cc21. The van der Waals surface area contributed by atoms with Gasteiger partial charge < -0.3 is 10.5 Å². The van der Waals surface area contributed by atoms with E-state index in [9.17, 15) is 4.79 Å². The first-order valence-electron chi connectivity index (χ1n) is 5.37. The van der Waals surface area contributed by atoms with Gasteiger partial charge in [-0.05, 0) is 41.7 Å². The Balaban J connectivity index is 2.52. The molecule has 1 aromatic rings. The number of nitrogens with two attached hydrogens (primary N) is 1. The van der Waals surface area contributed by atoms with Gasteiger partial charge in [0.15, 0.2) is 0 Å². The summed E-state index contributed by atoms with van der Waals surface area (Å²) < 4.78 is 4.71. The number of allylic oxidation sites excluding steroid dienone is 2. The molecule has 0 saturated heterocycles. The largest absolute Gasteiger partial charge is 0.465 e. The van der Waals surface area contributed by atoms with E-state index in [1.54, 1.807) is 6.07 Å². The monoisotopic (exact) mass is 217 g/mol. The second-order valence-electron chi connectivity index (χ2n) is 3.87. The van der Waals surface area contributed by atoms with Gasteiger partial charge in [0.25, 0.3) is 0 Å². The molecule has 3 heteroatoms. The van der Waals surface area contributed by atoms with Crippen molar-refractivity contribution in [2.45, 2.75) is 19.8 Å². The summed E-state index contributed by atoms with van der Waals surface area (Å²) in [5, 5.41) is 0. The minimum atomic E-state index is -0.336. The normalized spacial score (nSPS) is 13.2. The molecule has 1 aromatic carbocycles. The van der Waals surface area contributed by atoms with Crippen LogP contribution in [0.1, 0.15) is 34.8 Å². The van der Waals surface area contributed by atoms with Crippen molar-refractivity contribution < 1.29 is 9.53 Å². The molecule has 0 atom stereocenters. The number of nitrogen functional groups attached to an aromatic ring is 1. The number of rotatable bonds is 2. The zero-order valence-corrected chi connectivity index (χ0v) is 9.54. The van der Waals surface area contributed by atoms with Gasteiger partial charge in [0.1, 0.15) is 0 Å². The number of carbonyl (C=O) groups is 1. The maximum atomic E-state index is 11.5. The number of hydrogen-bond acceptors (Lipinski definition) is 3. The second kappa shape index (κ2) is 4.00. The van der Waals surface area contributed by atoms with Crippen molar-refractivity contribution in [3.63, 3.8) is 0 Å². The lowest BCUT2D eigenvalue weighted by atomic mass is 9.99. The summed E-state index contributed by atoms with van der Waals surface area (Å²) in [6.45, 7) is 2.10. The van der Waals surface area contributed by atoms with Crippen LogP contribution in [0.2, 0.25) is 0 Å². The van der Waals surface area contributed by atoms with Crippen LogP contribution in [-0.4, -0.2) is 13.1 Å². The van der Waals surface area contributed by atoms with Crippen molar-refractivity contribution in [3.8, 4) is 0 Å². The molecule has 1 aliphatic carbocycles. The highest BCUT2D eigenvalue weighted by Crippen LogP contribution is 2.34. The molecule has 0 amide bonds. The van der Waals surface area contributed by atoms with Crippen LogP contribution in [0.3, 0.4) is 0 Å². The molecule has 0 heterocycles. The molecule has 16 heavy (non-hydrogen) atoms. The highest BCUT2D eigenvalue weighted by atomic mass is 16.5. The number of anilines is 1. The van der Waals surface area contributed by atoms with Gasteiger partial charge in [-0.15, -0.1) is 0 Å². The third kappa shape index (κ3) is 1.58. The highest BCUT2D eigenvalue weighted by molar-refractivity contribution is 5.93. The van der Waals surface area contributed by atoms with Crippen LogP contribution in [0, 0.1) is 0 Å². The van der Waals surface area contributed by atoms with E-state index in [-0.39, 0.29) is 5.97 Å². The minimum absolute atomic E-state index is 0.336. The molecule has 2 rings (SSSR count). The van der Waals surface area contributed by atoms with Gasteiger partial charge in [0.05, 0.1) is 12.7 Å². The van der Waals surface area contributed by atoms with E-state index in [0.29, 0.717) is 11.3 Å². The quantitative estimate of drug-likeness (QED) is 0.611. The van der Waals surface area contributed by atoms with Crippen molar-refractivity contribution >= 4 is 17.2 Å². The van der Waals surface area contributed by atoms with Crippen LogP contribution >= 0.6 is 0 Å². The van der Waals surface area contributed by atoms with E-state index in [2.05, 4.69) is 13.0 Å². The van der Waals surface area contributed by atoms with Gasteiger partial charge in [-0.2, -0.15) is 0 Å². The summed E-state index contributed by atoms with van der Waals surface area (Å²) in [6, 6.07) is 3.57. The van der Waals surface area contributed by atoms with E-state index in [4.69, 9.17) is 10.5 Å². The highest BCUT2D eigenvalue weighted by Gasteiger charge is 2.18. The van der Waals surface area contributed by atoms with Gasteiger partial charge in [0.2, 0.25) is 0 Å². The number of carbonyl (C=O) groups excluding carboxylic acids is 1. The Morgan fingerprint density at radius 2 is 2.25 bits per heavy atom. The van der Waals surface area contributed by atoms with Gasteiger partial charge in [-0.3, -0.25) is 0 Å². The predicted octanol–water partition coefficient (Wildman–Crippen LogP) is 2.40. The molecule has 0 aliphatic heterocycles. The third-order valence-corrected chi connectivity index (χ3v) is 2.98. The summed E-state index contributed by atoms with van der Waals surface area (Å²) in [4.78, 5) is 11.5. The standard InChI is InChI=1S/C13H15NO2/c1-3-8-4-5-10-11(8)6-9(7-12(10)14)13(15)16-2/h4,6-7H,3,5,14H2,1-2H3. The summed E-state index contributed by atoms with van der Waals surface area (Å²) in [7, 11) is 1.38. The smallest absolute Gasteiger partial charge is 0.337 e. The van der Waals surface area contributed by atoms with Crippen LogP contribution in [0.5, 0.6) is 0 Å². The molecule has 0 unspecified atom stereocenters. The maximum absolute atomic E-state index is 11.5. The molecule has 1 aliphatic rings. The molecule has 84 valence electrons. The van der Waals surface area contributed by atoms with E-state index in [1.165, 1.54) is 12.7 Å².